The molecule has 0 fully saturated rings. The molecule has 20 heavy (non-hydrogen) atoms. The Morgan fingerprint density at radius 1 is 1.15 bits per heavy atom. The third-order valence-corrected chi connectivity index (χ3v) is 4.54. The van der Waals surface area contributed by atoms with E-state index in [1.54, 1.807) is 24.3 Å². The van der Waals surface area contributed by atoms with Crippen molar-refractivity contribution in [3.8, 4) is 6.07 Å². The number of anilines is 1. The lowest BCUT2D eigenvalue weighted by molar-refractivity contribution is 0.102. The first-order chi connectivity index (χ1) is 9.51. The molecule has 0 aromatic heterocycles. The van der Waals surface area contributed by atoms with E-state index in [0.29, 0.717) is 21.3 Å². The van der Waals surface area contributed by atoms with Crippen molar-refractivity contribution in [1.82, 2.24) is 0 Å². The number of nitrogens with one attached hydrogen (secondary N) is 1. The molecule has 2 aromatic carbocycles. The molecule has 100 valence electrons. The molecule has 2 rings (SSSR count). The molecule has 0 bridgehead atoms. The Balaban J connectivity index is 2.28. The fraction of sp³-hybridized carbons (Fsp3) is 0. The zero-order valence-corrected chi connectivity index (χ0v) is 15.3. The van der Waals surface area contributed by atoms with Crippen molar-refractivity contribution >= 4 is 66.0 Å². The van der Waals surface area contributed by atoms with E-state index in [0.717, 1.165) is 8.04 Å². The van der Waals surface area contributed by atoms with E-state index in [1.165, 1.54) is 0 Å². The van der Waals surface area contributed by atoms with Crippen molar-refractivity contribution in [3.63, 3.8) is 0 Å². The Bertz CT molecular complexity index is 726. The Labute approximate surface area is 146 Å². The van der Waals surface area contributed by atoms with Gasteiger partial charge in [0.1, 0.15) is 0 Å². The summed E-state index contributed by atoms with van der Waals surface area (Å²) in [4.78, 5) is 12.3. The lowest BCUT2D eigenvalue weighted by atomic mass is 10.2. The van der Waals surface area contributed by atoms with Crippen LogP contribution in [0.4, 0.5) is 5.69 Å². The van der Waals surface area contributed by atoms with Gasteiger partial charge in [-0.3, -0.25) is 4.79 Å². The van der Waals surface area contributed by atoms with Crippen molar-refractivity contribution in [1.29, 1.82) is 5.26 Å². The van der Waals surface area contributed by atoms with Gasteiger partial charge in [0.2, 0.25) is 0 Å². The highest BCUT2D eigenvalue weighted by Gasteiger charge is 2.12. The summed E-state index contributed by atoms with van der Waals surface area (Å²) in [6.07, 6.45) is 0. The second kappa shape index (κ2) is 6.70. The van der Waals surface area contributed by atoms with Gasteiger partial charge in [0.15, 0.2) is 0 Å². The van der Waals surface area contributed by atoms with Crippen LogP contribution in [0.5, 0.6) is 0 Å². The van der Waals surface area contributed by atoms with Gasteiger partial charge >= 0.3 is 0 Å². The molecule has 0 saturated heterocycles. The minimum Gasteiger partial charge on any atom is -0.321 e. The Kier molecular flexibility index (Phi) is 5.18. The van der Waals surface area contributed by atoms with Gasteiger partial charge in [-0.25, -0.2) is 0 Å². The third-order valence-electron chi connectivity index (χ3n) is 2.52. The van der Waals surface area contributed by atoms with Crippen molar-refractivity contribution in [2.45, 2.75) is 0 Å². The number of hydrogen-bond donors (Lipinski definition) is 1. The first-order valence-corrected chi connectivity index (χ1v) is 8.14. The molecule has 0 aliphatic heterocycles. The molecule has 0 aliphatic carbocycles. The molecule has 0 radical (unpaired) electrons. The number of carbonyl (C=O) groups excluding carboxylic acids is 1. The summed E-state index contributed by atoms with van der Waals surface area (Å²) in [5.74, 6) is -0.208. The van der Waals surface area contributed by atoms with Gasteiger partial charge in [0.25, 0.3) is 5.91 Å². The number of rotatable bonds is 2. The van der Waals surface area contributed by atoms with Crippen molar-refractivity contribution in [3.05, 3.63) is 60.0 Å². The van der Waals surface area contributed by atoms with Crippen LogP contribution in [0.15, 0.2) is 45.3 Å². The topological polar surface area (TPSA) is 52.9 Å². The van der Waals surface area contributed by atoms with Crippen molar-refractivity contribution in [2.24, 2.45) is 0 Å². The SMILES string of the molecule is N#Cc1ccc(NC(=O)c2cc(I)ccc2Br)c(Br)c1. The number of amides is 1. The van der Waals surface area contributed by atoms with Crippen LogP contribution in [0, 0.1) is 14.9 Å². The lowest BCUT2D eigenvalue weighted by Gasteiger charge is -2.09. The summed E-state index contributed by atoms with van der Waals surface area (Å²) in [5.41, 5.74) is 1.72. The first kappa shape index (κ1) is 15.5. The summed E-state index contributed by atoms with van der Waals surface area (Å²) in [6, 6.07) is 12.6. The molecule has 2 aromatic rings. The van der Waals surface area contributed by atoms with Gasteiger partial charge in [0.05, 0.1) is 22.9 Å². The first-order valence-electron chi connectivity index (χ1n) is 5.47. The molecule has 3 nitrogen and oxygen atoms in total. The van der Waals surface area contributed by atoms with E-state index in [9.17, 15) is 4.79 Å². The fourth-order valence-electron chi connectivity index (χ4n) is 1.55. The molecule has 1 amide bonds. The summed E-state index contributed by atoms with van der Waals surface area (Å²) in [6.45, 7) is 0. The van der Waals surface area contributed by atoms with E-state index >= 15 is 0 Å². The number of benzene rings is 2. The Morgan fingerprint density at radius 2 is 1.90 bits per heavy atom. The summed E-state index contributed by atoms with van der Waals surface area (Å²) < 4.78 is 2.39. The minimum atomic E-state index is -0.208. The second-order valence-electron chi connectivity index (χ2n) is 3.88. The zero-order chi connectivity index (χ0) is 14.7. The Morgan fingerprint density at radius 3 is 2.55 bits per heavy atom. The van der Waals surface area contributed by atoms with E-state index in [-0.39, 0.29) is 5.91 Å². The maximum absolute atomic E-state index is 12.3. The molecule has 6 heteroatoms. The van der Waals surface area contributed by atoms with Crippen LogP contribution in [0.2, 0.25) is 0 Å². The standard InChI is InChI=1S/C14H7Br2IN2O/c15-11-3-2-9(17)6-10(11)14(20)19-13-4-1-8(7-18)5-12(13)16/h1-6H,(H,19,20). The van der Waals surface area contributed by atoms with Crippen molar-refractivity contribution < 1.29 is 4.79 Å². The van der Waals surface area contributed by atoms with Crippen LogP contribution in [0.3, 0.4) is 0 Å². The van der Waals surface area contributed by atoms with Gasteiger partial charge in [-0.05, 0) is 90.8 Å². The maximum atomic E-state index is 12.3. The van der Waals surface area contributed by atoms with Crippen LogP contribution < -0.4 is 5.32 Å². The fourth-order valence-corrected chi connectivity index (χ4v) is 2.94. The lowest BCUT2D eigenvalue weighted by Crippen LogP contribution is -2.13. The van der Waals surface area contributed by atoms with Crippen LogP contribution in [-0.4, -0.2) is 5.91 Å². The van der Waals surface area contributed by atoms with E-state index in [1.807, 2.05) is 18.2 Å². The number of nitriles is 1. The quantitative estimate of drug-likeness (QED) is 0.588. The van der Waals surface area contributed by atoms with E-state index in [4.69, 9.17) is 5.26 Å². The number of nitrogens with zero attached hydrogens (tertiary/aromatic N) is 1. The van der Waals surface area contributed by atoms with Crippen LogP contribution in [-0.2, 0) is 0 Å². The van der Waals surface area contributed by atoms with Gasteiger partial charge in [-0.2, -0.15) is 5.26 Å². The molecule has 0 atom stereocenters. The highest BCUT2D eigenvalue weighted by molar-refractivity contribution is 14.1. The van der Waals surface area contributed by atoms with Crippen molar-refractivity contribution in [2.75, 3.05) is 5.32 Å². The average molecular weight is 506 g/mol. The zero-order valence-electron chi connectivity index (χ0n) is 9.95. The molecule has 0 spiro atoms. The minimum absolute atomic E-state index is 0.208. The molecule has 0 unspecified atom stereocenters. The van der Waals surface area contributed by atoms with Gasteiger partial charge in [-0.1, -0.05) is 0 Å². The molecule has 0 saturated carbocycles. The smallest absolute Gasteiger partial charge is 0.256 e. The summed E-state index contributed by atoms with van der Waals surface area (Å²) >= 11 is 8.87. The highest BCUT2D eigenvalue weighted by Crippen LogP contribution is 2.26. The molecular formula is C14H7Br2IN2O. The van der Waals surface area contributed by atoms with Crippen LogP contribution in [0.25, 0.3) is 0 Å². The van der Waals surface area contributed by atoms with E-state index < -0.39 is 0 Å². The largest absolute Gasteiger partial charge is 0.321 e. The molecular weight excluding hydrogens is 499 g/mol. The maximum Gasteiger partial charge on any atom is 0.256 e. The number of hydrogen-bond acceptors (Lipinski definition) is 2. The van der Waals surface area contributed by atoms with Gasteiger partial charge in [-0.15, -0.1) is 0 Å². The predicted molar refractivity (Wildman–Crippen MR) is 93.7 cm³/mol. The monoisotopic (exact) mass is 504 g/mol. The van der Waals surface area contributed by atoms with Gasteiger partial charge < -0.3 is 5.32 Å². The summed E-state index contributed by atoms with van der Waals surface area (Å²) in [7, 11) is 0. The van der Waals surface area contributed by atoms with E-state index in [2.05, 4.69) is 59.8 Å². The molecule has 0 aliphatic rings. The van der Waals surface area contributed by atoms with Gasteiger partial charge in [0, 0.05) is 12.5 Å². The predicted octanol–water partition coefficient (Wildman–Crippen LogP) is 4.94. The molecule has 1 N–H and O–H groups in total. The Hall–Kier alpha value is -0.910. The molecule has 0 heterocycles. The number of halogens is 3. The highest BCUT2D eigenvalue weighted by atomic mass is 127. The number of carbonyl (C=O) groups is 1. The second-order valence-corrected chi connectivity index (χ2v) is 6.84. The average Bonchev–Trinajstić information content (AvgIpc) is 2.43. The normalized spacial score (nSPS) is 9.90. The summed E-state index contributed by atoms with van der Waals surface area (Å²) in [5, 5.41) is 11.6. The third kappa shape index (κ3) is 3.59. The van der Waals surface area contributed by atoms with Crippen LogP contribution >= 0.6 is 54.5 Å². The van der Waals surface area contributed by atoms with Crippen LogP contribution in [0.1, 0.15) is 15.9 Å².